The van der Waals surface area contributed by atoms with E-state index in [-0.39, 0.29) is 0 Å². The van der Waals surface area contributed by atoms with E-state index in [1.807, 2.05) is 12.1 Å². The molecule has 0 radical (unpaired) electrons. The number of halogens is 1. The minimum atomic E-state index is 0.533. The Bertz CT molecular complexity index is 885. The van der Waals surface area contributed by atoms with Gasteiger partial charge in [0, 0.05) is 24.8 Å². The summed E-state index contributed by atoms with van der Waals surface area (Å²) in [6.45, 7) is 6.21. The Balaban J connectivity index is 2.09. The van der Waals surface area contributed by atoms with E-state index in [9.17, 15) is 5.26 Å². The quantitative estimate of drug-likeness (QED) is 0.638. The van der Waals surface area contributed by atoms with Gasteiger partial charge in [-0.15, -0.1) is 0 Å². The van der Waals surface area contributed by atoms with Crippen LogP contribution >= 0.6 is 11.6 Å². The lowest BCUT2D eigenvalue weighted by atomic mass is 10.1. The predicted molar refractivity (Wildman–Crippen MR) is 115 cm³/mol. The summed E-state index contributed by atoms with van der Waals surface area (Å²) in [5.41, 5.74) is 4.71. The maximum Gasteiger partial charge on any atom is 0.150 e. The SMILES string of the molecule is CCCN(CCC)c1c(C#N)c(Nc2ccc(OC)cc2Cl)nc2c1CCC2. The van der Waals surface area contributed by atoms with Crippen LogP contribution in [0.3, 0.4) is 0 Å². The number of hydrogen-bond acceptors (Lipinski definition) is 5. The van der Waals surface area contributed by atoms with Crippen molar-refractivity contribution >= 4 is 28.8 Å². The Morgan fingerprint density at radius 2 is 2.00 bits per heavy atom. The lowest BCUT2D eigenvalue weighted by Crippen LogP contribution is -2.27. The third-order valence-electron chi connectivity index (χ3n) is 5.04. The van der Waals surface area contributed by atoms with Crippen molar-refractivity contribution in [2.45, 2.75) is 46.0 Å². The van der Waals surface area contributed by atoms with Crippen molar-refractivity contribution in [3.63, 3.8) is 0 Å². The molecule has 28 heavy (non-hydrogen) atoms. The van der Waals surface area contributed by atoms with Crippen molar-refractivity contribution in [1.82, 2.24) is 4.98 Å². The van der Waals surface area contributed by atoms with E-state index in [1.165, 1.54) is 5.56 Å². The minimum absolute atomic E-state index is 0.533. The first-order chi connectivity index (χ1) is 13.6. The Morgan fingerprint density at radius 1 is 1.25 bits per heavy atom. The van der Waals surface area contributed by atoms with Gasteiger partial charge >= 0.3 is 0 Å². The van der Waals surface area contributed by atoms with E-state index < -0.39 is 0 Å². The van der Waals surface area contributed by atoms with Crippen molar-refractivity contribution in [2.75, 3.05) is 30.4 Å². The largest absolute Gasteiger partial charge is 0.497 e. The molecule has 5 nitrogen and oxygen atoms in total. The van der Waals surface area contributed by atoms with Crippen LogP contribution < -0.4 is 15.0 Å². The first-order valence-corrected chi connectivity index (χ1v) is 10.3. The normalized spacial score (nSPS) is 12.4. The highest BCUT2D eigenvalue weighted by molar-refractivity contribution is 6.33. The highest BCUT2D eigenvalue weighted by atomic mass is 35.5. The lowest BCUT2D eigenvalue weighted by Gasteiger charge is -2.28. The van der Waals surface area contributed by atoms with Gasteiger partial charge < -0.3 is 15.0 Å². The van der Waals surface area contributed by atoms with Gasteiger partial charge in [-0.1, -0.05) is 25.4 Å². The second-order valence-electron chi connectivity index (χ2n) is 7.03. The monoisotopic (exact) mass is 398 g/mol. The number of ether oxygens (including phenoxy) is 1. The lowest BCUT2D eigenvalue weighted by molar-refractivity contribution is 0.415. The second-order valence-corrected chi connectivity index (χ2v) is 7.44. The maximum absolute atomic E-state index is 10.0. The summed E-state index contributed by atoms with van der Waals surface area (Å²) in [6.07, 6.45) is 5.09. The fraction of sp³-hybridized carbons (Fsp3) is 0.455. The number of hydrogen-bond donors (Lipinski definition) is 1. The third kappa shape index (κ3) is 4.02. The van der Waals surface area contributed by atoms with Crippen molar-refractivity contribution in [2.24, 2.45) is 0 Å². The summed E-state index contributed by atoms with van der Waals surface area (Å²) in [5, 5.41) is 13.9. The van der Waals surface area contributed by atoms with Crippen molar-refractivity contribution in [3.05, 3.63) is 40.0 Å². The molecule has 1 N–H and O–H groups in total. The number of nitrogens with zero attached hydrogens (tertiary/aromatic N) is 3. The number of pyridine rings is 1. The van der Waals surface area contributed by atoms with Crippen LogP contribution in [0.1, 0.15) is 49.9 Å². The molecule has 0 fully saturated rings. The number of anilines is 3. The van der Waals surface area contributed by atoms with Crippen LogP contribution in [-0.4, -0.2) is 25.2 Å². The average Bonchev–Trinajstić information content (AvgIpc) is 3.16. The van der Waals surface area contributed by atoms with Crippen LogP contribution in [0.4, 0.5) is 17.2 Å². The first kappa shape index (κ1) is 20.3. The molecule has 0 amide bonds. The molecule has 1 aromatic carbocycles. The minimum Gasteiger partial charge on any atom is -0.497 e. The van der Waals surface area contributed by atoms with E-state index in [4.69, 9.17) is 21.3 Å². The zero-order valence-electron chi connectivity index (χ0n) is 16.8. The third-order valence-corrected chi connectivity index (χ3v) is 5.35. The zero-order chi connectivity index (χ0) is 20.1. The van der Waals surface area contributed by atoms with Gasteiger partial charge in [0.05, 0.1) is 23.5 Å². The molecule has 3 rings (SSSR count). The standard InChI is InChI=1S/C22H27ClN4O/c1-4-11-27(12-5-2)21-16-7-6-8-19(16)25-22(17(21)14-24)26-20-10-9-15(28-3)13-18(20)23/h9-10,13H,4-8,11-12H2,1-3H3,(H,25,26). The number of methoxy groups -OCH3 is 1. The van der Waals surface area contributed by atoms with Gasteiger partial charge in [-0.3, -0.25) is 0 Å². The highest BCUT2D eigenvalue weighted by Gasteiger charge is 2.26. The summed E-state index contributed by atoms with van der Waals surface area (Å²) in [6, 6.07) is 7.87. The molecule has 1 heterocycles. The van der Waals surface area contributed by atoms with E-state index in [0.29, 0.717) is 27.8 Å². The van der Waals surface area contributed by atoms with Crippen molar-refractivity contribution in [1.29, 1.82) is 5.26 Å². The fourth-order valence-corrected chi connectivity index (χ4v) is 4.05. The summed E-state index contributed by atoms with van der Waals surface area (Å²) >= 11 is 6.41. The van der Waals surface area contributed by atoms with Gasteiger partial charge in [-0.2, -0.15) is 5.26 Å². The summed E-state index contributed by atoms with van der Waals surface area (Å²) in [7, 11) is 1.61. The molecule has 0 atom stereocenters. The molecule has 148 valence electrons. The topological polar surface area (TPSA) is 61.2 Å². The summed E-state index contributed by atoms with van der Waals surface area (Å²) in [5.74, 6) is 1.28. The van der Waals surface area contributed by atoms with Gasteiger partial charge in [-0.25, -0.2) is 4.98 Å². The number of aromatic nitrogens is 1. The Hall–Kier alpha value is -2.45. The van der Waals surface area contributed by atoms with Crippen molar-refractivity contribution < 1.29 is 4.74 Å². The number of nitriles is 1. The number of fused-ring (bicyclic) bond motifs is 1. The molecule has 0 saturated carbocycles. The van der Waals surface area contributed by atoms with Gasteiger partial charge in [-0.05, 0) is 49.8 Å². The number of benzene rings is 1. The van der Waals surface area contributed by atoms with Crippen molar-refractivity contribution in [3.8, 4) is 11.8 Å². The van der Waals surface area contributed by atoms with Crippen LogP contribution in [-0.2, 0) is 12.8 Å². The number of aryl methyl sites for hydroxylation is 1. The first-order valence-electron chi connectivity index (χ1n) is 9.94. The molecular weight excluding hydrogens is 372 g/mol. The molecule has 2 aromatic rings. The second kappa shape index (κ2) is 9.16. The Labute approximate surface area is 172 Å². The number of rotatable bonds is 8. The average molecular weight is 399 g/mol. The van der Waals surface area contributed by atoms with E-state index in [1.54, 1.807) is 13.2 Å². The Morgan fingerprint density at radius 3 is 2.61 bits per heavy atom. The molecule has 0 saturated heterocycles. The smallest absolute Gasteiger partial charge is 0.150 e. The number of nitrogens with one attached hydrogen (secondary N) is 1. The van der Waals surface area contributed by atoms with Gasteiger partial charge in [0.25, 0.3) is 0 Å². The van der Waals surface area contributed by atoms with Gasteiger partial charge in [0.2, 0.25) is 0 Å². The molecule has 1 aliphatic carbocycles. The van der Waals surface area contributed by atoms with Gasteiger partial charge in [0.1, 0.15) is 17.4 Å². The van der Waals surface area contributed by atoms with Gasteiger partial charge in [0.15, 0.2) is 5.82 Å². The molecule has 1 aromatic heterocycles. The predicted octanol–water partition coefficient (Wildman–Crippen LogP) is 5.47. The van der Waals surface area contributed by atoms with E-state index in [2.05, 4.69) is 30.1 Å². The van der Waals surface area contributed by atoms with Crippen LogP contribution in [0.15, 0.2) is 18.2 Å². The fourth-order valence-electron chi connectivity index (χ4n) is 3.83. The summed E-state index contributed by atoms with van der Waals surface area (Å²) in [4.78, 5) is 7.17. The summed E-state index contributed by atoms with van der Waals surface area (Å²) < 4.78 is 5.22. The van der Waals surface area contributed by atoms with Crippen LogP contribution in [0, 0.1) is 11.3 Å². The van der Waals surface area contributed by atoms with E-state index >= 15 is 0 Å². The van der Waals surface area contributed by atoms with Crippen LogP contribution in [0.5, 0.6) is 5.75 Å². The van der Waals surface area contributed by atoms with Crippen LogP contribution in [0.2, 0.25) is 5.02 Å². The highest BCUT2D eigenvalue weighted by Crippen LogP contribution is 2.39. The molecule has 1 aliphatic rings. The molecular formula is C22H27ClN4O. The molecule has 0 spiro atoms. The molecule has 0 bridgehead atoms. The Kier molecular flexibility index (Phi) is 6.64. The molecule has 0 unspecified atom stereocenters. The maximum atomic E-state index is 10.0. The molecule has 6 heteroatoms. The van der Waals surface area contributed by atoms with Crippen LogP contribution in [0.25, 0.3) is 0 Å². The molecule has 0 aliphatic heterocycles. The zero-order valence-corrected chi connectivity index (χ0v) is 17.6. The van der Waals surface area contributed by atoms with E-state index in [0.717, 1.165) is 56.6 Å².